The number of benzene rings is 2. The lowest BCUT2D eigenvalue weighted by Gasteiger charge is -2.12. The maximum Gasteiger partial charge on any atom is 0.255 e. The smallest absolute Gasteiger partial charge is 0.255 e. The molecule has 0 saturated heterocycles. The van der Waals surface area contributed by atoms with Crippen LogP contribution in [0.1, 0.15) is 15.9 Å². The Hall–Kier alpha value is -2.25. The number of nitrogens with zero attached hydrogens (tertiary/aromatic N) is 1. The maximum absolute atomic E-state index is 13.7. The molecule has 0 aromatic heterocycles. The summed E-state index contributed by atoms with van der Waals surface area (Å²) in [6.45, 7) is 1.75. The minimum Gasteiger partial charge on any atom is -0.319 e. The summed E-state index contributed by atoms with van der Waals surface area (Å²) in [5.74, 6) is -1.04. The summed E-state index contributed by atoms with van der Waals surface area (Å²) < 4.78 is 38.7. The third-order valence-corrected chi connectivity index (χ3v) is 5.10. The first-order valence-corrected chi connectivity index (χ1v) is 8.26. The molecule has 2 rings (SSSR count). The largest absolute Gasteiger partial charge is 0.319 e. The van der Waals surface area contributed by atoms with E-state index in [2.05, 4.69) is 5.32 Å². The van der Waals surface area contributed by atoms with Crippen LogP contribution in [0.2, 0.25) is 0 Å². The molecular weight excluding hydrogens is 319 g/mol. The van der Waals surface area contributed by atoms with Gasteiger partial charge < -0.3 is 5.32 Å². The van der Waals surface area contributed by atoms with Gasteiger partial charge >= 0.3 is 0 Å². The fraction of sp³-hybridized carbons (Fsp3) is 0.188. The molecule has 0 aliphatic rings. The molecule has 2 aromatic rings. The Bertz CT molecular complexity index is 831. The summed E-state index contributed by atoms with van der Waals surface area (Å²) in [4.78, 5) is 12.2. The zero-order valence-electron chi connectivity index (χ0n) is 13.0. The van der Waals surface area contributed by atoms with E-state index >= 15 is 0 Å². The second kappa shape index (κ2) is 6.47. The molecule has 7 heteroatoms. The molecule has 23 heavy (non-hydrogen) atoms. The van der Waals surface area contributed by atoms with Gasteiger partial charge in [0.05, 0.1) is 10.6 Å². The molecule has 5 nitrogen and oxygen atoms in total. The number of rotatable bonds is 4. The van der Waals surface area contributed by atoms with Crippen LogP contribution in [0.4, 0.5) is 10.1 Å². The fourth-order valence-corrected chi connectivity index (χ4v) is 2.81. The van der Waals surface area contributed by atoms with Crippen LogP contribution >= 0.6 is 0 Å². The van der Waals surface area contributed by atoms with Gasteiger partial charge in [0.2, 0.25) is 10.0 Å². The number of aryl methyl sites for hydroxylation is 1. The van der Waals surface area contributed by atoms with Crippen LogP contribution in [0.3, 0.4) is 0 Å². The van der Waals surface area contributed by atoms with Gasteiger partial charge in [0.1, 0.15) is 5.82 Å². The maximum atomic E-state index is 13.7. The Labute approximate surface area is 134 Å². The number of anilines is 1. The lowest BCUT2D eigenvalue weighted by atomic mass is 10.2. The molecule has 0 unspecified atom stereocenters. The molecule has 2 aromatic carbocycles. The summed E-state index contributed by atoms with van der Waals surface area (Å²) in [6, 6.07) is 9.95. The lowest BCUT2D eigenvalue weighted by Crippen LogP contribution is -2.22. The standard InChI is InChI=1S/C16H17FN2O3S/c1-11-4-9-15(14(17)10-11)18-16(20)12-5-7-13(8-6-12)23(21,22)19(2)3/h4-10H,1-3H3,(H,18,20). The van der Waals surface area contributed by atoms with Crippen LogP contribution in [0.15, 0.2) is 47.4 Å². The van der Waals surface area contributed by atoms with Crippen molar-refractivity contribution in [2.45, 2.75) is 11.8 Å². The molecule has 0 bridgehead atoms. The molecule has 0 atom stereocenters. The molecule has 122 valence electrons. The quantitative estimate of drug-likeness (QED) is 0.933. The predicted molar refractivity (Wildman–Crippen MR) is 86.4 cm³/mol. The van der Waals surface area contributed by atoms with Gasteiger partial charge in [0.15, 0.2) is 0 Å². The lowest BCUT2D eigenvalue weighted by molar-refractivity contribution is 0.102. The van der Waals surface area contributed by atoms with Crippen molar-refractivity contribution >= 4 is 21.6 Å². The average molecular weight is 336 g/mol. The zero-order valence-corrected chi connectivity index (χ0v) is 13.8. The van der Waals surface area contributed by atoms with Crippen LogP contribution < -0.4 is 5.32 Å². The van der Waals surface area contributed by atoms with Crippen LogP contribution in [0.25, 0.3) is 0 Å². The molecule has 0 saturated carbocycles. The van der Waals surface area contributed by atoms with Crippen molar-refractivity contribution in [2.75, 3.05) is 19.4 Å². The van der Waals surface area contributed by atoms with E-state index in [1.807, 2.05) is 0 Å². The van der Waals surface area contributed by atoms with Gasteiger partial charge in [0.25, 0.3) is 5.91 Å². The highest BCUT2D eigenvalue weighted by Crippen LogP contribution is 2.18. The highest BCUT2D eigenvalue weighted by molar-refractivity contribution is 7.89. The van der Waals surface area contributed by atoms with Gasteiger partial charge in [-0.1, -0.05) is 6.07 Å². The van der Waals surface area contributed by atoms with Crippen molar-refractivity contribution < 1.29 is 17.6 Å². The van der Waals surface area contributed by atoms with E-state index in [4.69, 9.17) is 0 Å². The Kier molecular flexibility index (Phi) is 4.82. The summed E-state index contributed by atoms with van der Waals surface area (Å²) in [7, 11) is -0.695. The number of carbonyl (C=O) groups excluding carboxylic acids is 1. The SMILES string of the molecule is Cc1ccc(NC(=O)c2ccc(S(=O)(=O)N(C)C)cc2)c(F)c1. The van der Waals surface area contributed by atoms with Crippen LogP contribution in [-0.4, -0.2) is 32.7 Å². The number of nitrogens with one attached hydrogen (secondary N) is 1. The minimum atomic E-state index is -3.55. The Morgan fingerprint density at radius 2 is 1.70 bits per heavy atom. The molecular formula is C16H17FN2O3S. The van der Waals surface area contributed by atoms with E-state index in [1.54, 1.807) is 13.0 Å². The molecule has 1 amide bonds. The first-order chi connectivity index (χ1) is 10.7. The molecule has 1 N–H and O–H groups in total. The Balaban J connectivity index is 2.21. The number of hydrogen-bond acceptors (Lipinski definition) is 3. The van der Waals surface area contributed by atoms with Crippen LogP contribution in [0, 0.1) is 12.7 Å². The first kappa shape index (κ1) is 17.1. The summed E-state index contributed by atoms with van der Waals surface area (Å²) in [5.41, 5.74) is 1.06. The van der Waals surface area contributed by atoms with E-state index in [1.165, 1.54) is 50.5 Å². The highest BCUT2D eigenvalue weighted by atomic mass is 32.2. The second-order valence-corrected chi connectivity index (χ2v) is 7.40. The zero-order chi connectivity index (χ0) is 17.2. The van der Waals surface area contributed by atoms with Crippen LogP contribution in [0.5, 0.6) is 0 Å². The van der Waals surface area contributed by atoms with Gasteiger partial charge in [0, 0.05) is 19.7 Å². The van der Waals surface area contributed by atoms with Gasteiger partial charge in [-0.05, 0) is 48.9 Å². The molecule has 0 fully saturated rings. The number of hydrogen-bond donors (Lipinski definition) is 1. The highest BCUT2D eigenvalue weighted by Gasteiger charge is 2.17. The summed E-state index contributed by atoms with van der Waals surface area (Å²) >= 11 is 0. The molecule has 0 aliphatic carbocycles. The van der Waals surface area contributed by atoms with Gasteiger partial charge in [-0.3, -0.25) is 4.79 Å². The second-order valence-electron chi connectivity index (χ2n) is 5.25. The number of halogens is 1. The van der Waals surface area contributed by atoms with Crippen molar-refractivity contribution in [1.82, 2.24) is 4.31 Å². The Morgan fingerprint density at radius 3 is 2.22 bits per heavy atom. The van der Waals surface area contributed by atoms with E-state index < -0.39 is 21.7 Å². The van der Waals surface area contributed by atoms with Gasteiger partial charge in [-0.25, -0.2) is 17.1 Å². The van der Waals surface area contributed by atoms with Crippen molar-refractivity contribution in [3.63, 3.8) is 0 Å². The van der Waals surface area contributed by atoms with Crippen molar-refractivity contribution in [2.24, 2.45) is 0 Å². The fourth-order valence-electron chi connectivity index (χ4n) is 1.91. The molecule has 0 spiro atoms. The topological polar surface area (TPSA) is 66.5 Å². The molecule has 0 radical (unpaired) electrons. The van der Waals surface area contributed by atoms with Crippen molar-refractivity contribution in [1.29, 1.82) is 0 Å². The van der Waals surface area contributed by atoms with E-state index in [9.17, 15) is 17.6 Å². The monoisotopic (exact) mass is 336 g/mol. The van der Waals surface area contributed by atoms with Gasteiger partial charge in [-0.15, -0.1) is 0 Å². The minimum absolute atomic E-state index is 0.0746. The van der Waals surface area contributed by atoms with E-state index in [0.29, 0.717) is 0 Å². The third-order valence-electron chi connectivity index (χ3n) is 3.27. The molecule has 0 heterocycles. The number of carbonyl (C=O) groups is 1. The Morgan fingerprint density at radius 1 is 1.09 bits per heavy atom. The summed E-state index contributed by atoms with van der Waals surface area (Å²) in [6.07, 6.45) is 0. The average Bonchev–Trinajstić information content (AvgIpc) is 2.50. The normalized spacial score (nSPS) is 11.5. The predicted octanol–water partition coefficient (Wildman–Crippen LogP) is 2.64. The van der Waals surface area contributed by atoms with Crippen molar-refractivity contribution in [3.05, 3.63) is 59.4 Å². The third kappa shape index (κ3) is 3.75. The van der Waals surface area contributed by atoms with Crippen LogP contribution in [-0.2, 0) is 10.0 Å². The molecule has 0 aliphatic heterocycles. The van der Waals surface area contributed by atoms with E-state index in [0.717, 1.165) is 9.87 Å². The summed E-state index contributed by atoms with van der Waals surface area (Å²) in [5, 5.41) is 2.46. The van der Waals surface area contributed by atoms with Crippen molar-refractivity contribution in [3.8, 4) is 0 Å². The number of amides is 1. The van der Waals surface area contributed by atoms with E-state index in [-0.39, 0.29) is 16.1 Å². The van der Waals surface area contributed by atoms with Gasteiger partial charge in [-0.2, -0.15) is 0 Å². The first-order valence-electron chi connectivity index (χ1n) is 6.82. The number of sulfonamides is 1.